The van der Waals surface area contributed by atoms with Crippen LogP contribution >= 0.6 is 11.3 Å². The number of nitro benzene ring substituents is 1. The van der Waals surface area contributed by atoms with Gasteiger partial charge in [-0.15, -0.1) is 11.3 Å². The van der Waals surface area contributed by atoms with Crippen molar-refractivity contribution in [2.75, 3.05) is 17.7 Å². The molecular weight excluding hydrogens is 276 g/mol. The summed E-state index contributed by atoms with van der Waals surface area (Å²) in [4.78, 5) is 16.0. The minimum Gasteiger partial charge on any atom is -0.388 e. The second-order valence-corrected chi connectivity index (χ2v) is 5.40. The molecule has 0 spiro atoms. The molecule has 2 aromatic rings. The molecule has 0 amide bonds. The number of rotatable bonds is 6. The van der Waals surface area contributed by atoms with E-state index in [4.69, 9.17) is 0 Å². The summed E-state index contributed by atoms with van der Waals surface area (Å²) < 4.78 is 0. The zero-order chi connectivity index (χ0) is 14.5. The van der Waals surface area contributed by atoms with Gasteiger partial charge in [-0.3, -0.25) is 10.1 Å². The molecule has 7 heteroatoms. The number of anilines is 2. The van der Waals surface area contributed by atoms with E-state index < -0.39 is 4.92 Å². The van der Waals surface area contributed by atoms with Gasteiger partial charge in [0.2, 0.25) is 0 Å². The van der Waals surface area contributed by atoms with Crippen molar-refractivity contribution in [1.82, 2.24) is 4.98 Å². The topological polar surface area (TPSA) is 80.1 Å². The first-order valence-corrected chi connectivity index (χ1v) is 7.08. The van der Waals surface area contributed by atoms with Gasteiger partial charge in [0.05, 0.1) is 11.5 Å². The van der Waals surface area contributed by atoms with Gasteiger partial charge in [0.25, 0.3) is 5.69 Å². The predicted octanol–water partition coefficient (Wildman–Crippen LogP) is 3.27. The predicted molar refractivity (Wildman–Crippen MR) is 81.5 cm³/mol. The van der Waals surface area contributed by atoms with Crippen LogP contribution in [0.4, 0.5) is 17.1 Å². The summed E-state index contributed by atoms with van der Waals surface area (Å²) >= 11 is 1.65. The average molecular weight is 292 g/mol. The molecule has 0 aliphatic rings. The molecule has 0 saturated heterocycles. The smallest absolute Gasteiger partial charge is 0.273 e. The molecule has 1 aromatic heterocycles. The standard InChI is InChI=1S/C13H16N4O2S/c1-3-12-7-16-13(20-12)8-15-10-4-9(14-2)5-11(6-10)17(18)19/h4-7,14-15H,3,8H2,1-2H3. The molecule has 0 radical (unpaired) electrons. The van der Waals surface area contributed by atoms with E-state index in [-0.39, 0.29) is 5.69 Å². The van der Waals surface area contributed by atoms with E-state index in [9.17, 15) is 10.1 Å². The number of aromatic nitrogens is 1. The van der Waals surface area contributed by atoms with Crippen molar-refractivity contribution in [3.63, 3.8) is 0 Å². The minimum atomic E-state index is -0.398. The molecule has 106 valence electrons. The molecule has 6 nitrogen and oxygen atoms in total. The van der Waals surface area contributed by atoms with E-state index in [0.29, 0.717) is 17.9 Å². The largest absolute Gasteiger partial charge is 0.388 e. The Morgan fingerprint density at radius 2 is 2.10 bits per heavy atom. The maximum atomic E-state index is 10.9. The van der Waals surface area contributed by atoms with Crippen molar-refractivity contribution in [2.45, 2.75) is 19.9 Å². The lowest BCUT2D eigenvalue weighted by Gasteiger charge is -2.07. The summed E-state index contributed by atoms with van der Waals surface area (Å²) in [6, 6.07) is 4.86. The third-order valence-corrected chi connectivity index (χ3v) is 3.95. The lowest BCUT2D eigenvalue weighted by molar-refractivity contribution is -0.384. The molecular formula is C13H16N4O2S. The van der Waals surface area contributed by atoms with Gasteiger partial charge in [0, 0.05) is 41.6 Å². The molecule has 0 saturated carbocycles. The first kappa shape index (κ1) is 14.3. The Morgan fingerprint density at radius 3 is 2.70 bits per heavy atom. The Labute approximate surface area is 121 Å². The second kappa shape index (κ2) is 6.33. The van der Waals surface area contributed by atoms with Crippen molar-refractivity contribution in [3.05, 3.63) is 44.4 Å². The molecule has 0 bridgehead atoms. The zero-order valence-electron chi connectivity index (χ0n) is 11.3. The Morgan fingerprint density at radius 1 is 1.35 bits per heavy atom. The van der Waals surface area contributed by atoms with E-state index in [1.165, 1.54) is 17.0 Å². The van der Waals surface area contributed by atoms with Crippen LogP contribution in [0.15, 0.2) is 24.4 Å². The van der Waals surface area contributed by atoms with E-state index in [1.54, 1.807) is 18.4 Å². The highest BCUT2D eigenvalue weighted by molar-refractivity contribution is 7.11. The summed E-state index contributed by atoms with van der Waals surface area (Å²) in [6.07, 6.45) is 2.84. The molecule has 0 fully saturated rings. The molecule has 1 heterocycles. The third kappa shape index (κ3) is 3.45. The molecule has 0 unspecified atom stereocenters. The highest BCUT2D eigenvalue weighted by Gasteiger charge is 2.09. The molecule has 0 atom stereocenters. The van der Waals surface area contributed by atoms with E-state index in [2.05, 4.69) is 22.5 Å². The first-order chi connectivity index (χ1) is 9.62. The average Bonchev–Trinajstić information content (AvgIpc) is 2.92. The van der Waals surface area contributed by atoms with Gasteiger partial charge in [-0.25, -0.2) is 4.98 Å². The van der Waals surface area contributed by atoms with Crippen molar-refractivity contribution in [1.29, 1.82) is 0 Å². The van der Waals surface area contributed by atoms with E-state index in [1.807, 2.05) is 12.3 Å². The van der Waals surface area contributed by atoms with E-state index >= 15 is 0 Å². The molecule has 2 N–H and O–H groups in total. The first-order valence-electron chi connectivity index (χ1n) is 6.27. The summed E-state index contributed by atoms with van der Waals surface area (Å²) in [6.45, 7) is 2.65. The summed E-state index contributed by atoms with van der Waals surface area (Å²) in [5.74, 6) is 0. The molecule has 20 heavy (non-hydrogen) atoms. The van der Waals surface area contributed by atoms with Crippen LogP contribution in [0.25, 0.3) is 0 Å². The van der Waals surface area contributed by atoms with Crippen LogP contribution in [0.3, 0.4) is 0 Å². The lowest BCUT2D eigenvalue weighted by Crippen LogP contribution is -2.01. The van der Waals surface area contributed by atoms with Gasteiger partial charge in [-0.05, 0) is 12.5 Å². The van der Waals surface area contributed by atoms with Crippen molar-refractivity contribution in [2.24, 2.45) is 0 Å². The Bertz CT molecular complexity index is 612. The van der Waals surface area contributed by atoms with Crippen LogP contribution in [-0.2, 0) is 13.0 Å². The number of hydrogen-bond acceptors (Lipinski definition) is 6. The quantitative estimate of drug-likeness (QED) is 0.631. The monoisotopic (exact) mass is 292 g/mol. The number of non-ortho nitro benzene ring substituents is 1. The number of hydrogen-bond donors (Lipinski definition) is 2. The normalized spacial score (nSPS) is 10.3. The second-order valence-electron chi connectivity index (χ2n) is 4.20. The molecule has 0 aliphatic carbocycles. The Balaban J connectivity index is 2.12. The van der Waals surface area contributed by atoms with Crippen LogP contribution in [0.2, 0.25) is 0 Å². The van der Waals surface area contributed by atoms with Gasteiger partial charge in [-0.2, -0.15) is 0 Å². The Kier molecular flexibility index (Phi) is 4.52. The molecule has 1 aromatic carbocycles. The number of benzene rings is 1. The van der Waals surface area contributed by atoms with Crippen LogP contribution in [0.1, 0.15) is 16.8 Å². The van der Waals surface area contributed by atoms with Gasteiger partial charge in [0.15, 0.2) is 0 Å². The highest BCUT2D eigenvalue weighted by atomic mass is 32.1. The van der Waals surface area contributed by atoms with Gasteiger partial charge < -0.3 is 10.6 Å². The Hall–Kier alpha value is -2.15. The number of nitrogens with one attached hydrogen (secondary N) is 2. The fourth-order valence-corrected chi connectivity index (χ4v) is 2.54. The van der Waals surface area contributed by atoms with Gasteiger partial charge in [0.1, 0.15) is 5.01 Å². The lowest BCUT2D eigenvalue weighted by atomic mass is 10.2. The maximum absolute atomic E-state index is 10.9. The molecule has 2 rings (SSSR count). The van der Waals surface area contributed by atoms with E-state index in [0.717, 1.165) is 11.4 Å². The summed E-state index contributed by atoms with van der Waals surface area (Å²) in [5, 5.41) is 17.9. The zero-order valence-corrected chi connectivity index (χ0v) is 12.2. The van der Waals surface area contributed by atoms with Crippen LogP contribution in [0.5, 0.6) is 0 Å². The van der Waals surface area contributed by atoms with Gasteiger partial charge in [-0.1, -0.05) is 6.92 Å². The summed E-state index contributed by atoms with van der Waals surface area (Å²) in [7, 11) is 1.73. The van der Waals surface area contributed by atoms with Crippen molar-refractivity contribution >= 4 is 28.4 Å². The van der Waals surface area contributed by atoms with Crippen LogP contribution in [0, 0.1) is 10.1 Å². The number of thiazole rings is 1. The fraction of sp³-hybridized carbons (Fsp3) is 0.308. The molecule has 0 aliphatic heterocycles. The van der Waals surface area contributed by atoms with Crippen molar-refractivity contribution in [3.8, 4) is 0 Å². The summed E-state index contributed by atoms with van der Waals surface area (Å²) in [5.41, 5.74) is 1.47. The minimum absolute atomic E-state index is 0.0627. The SMILES string of the molecule is CCc1cnc(CNc2cc(NC)cc([N+](=O)[O-])c2)s1. The van der Waals surface area contributed by atoms with Crippen molar-refractivity contribution < 1.29 is 4.92 Å². The van der Waals surface area contributed by atoms with Crippen LogP contribution < -0.4 is 10.6 Å². The number of nitrogens with zero attached hydrogens (tertiary/aromatic N) is 2. The van der Waals surface area contributed by atoms with Gasteiger partial charge >= 0.3 is 0 Å². The third-order valence-electron chi connectivity index (χ3n) is 2.81. The maximum Gasteiger partial charge on any atom is 0.273 e. The number of nitro groups is 1. The highest BCUT2D eigenvalue weighted by Crippen LogP contribution is 2.25. The van der Waals surface area contributed by atoms with Crippen LogP contribution in [-0.4, -0.2) is 17.0 Å². The fourth-order valence-electron chi connectivity index (χ4n) is 1.73. The number of aryl methyl sites for hydroxylation is 1.